The predicted octanol–water partition coefficient (Wildman–Crippen LogP) is 2.13. The summed E-state index contributed by atoms with van der Waals surface area (Å²) in [5.41, 5.74) is 0.458. The van der Waals surface area contributed by atoms with Gasteiger partial charge in [0, 0.05) is 44.8 Å². The smallest absolute Gasteiger partial charge is 0.253 e. The Kier molecular flexibility index (Phi) is 6.23. The topological polar surface area (TPSA) is 60.9 Å². The van der Waals surface area contributed by atoms with Crippen LogP contribution in [0.15, 0.2) is 29.2 Å². The normalized spacial score (nSPS) is 25.5. The molecule has 7 heteroatoms. The lowest BCUT2D eigenvalue weighted by molar-refractivity contribution is 0.0643. The van der Waals surface area contributed by atoms with E-state index in [-0.39, 0.29) is 10.8 Å². The summed E-state index contributed by atoms with van der Waals surface area (Å²) in [6.45, 7) is 11.5. The number of amides is 1. The highest BCUT2D eigenvalue weighted by molar-refractivity contribution is 7.89. The summed E-state index contributed by atoms with van der Waals surface area (Å²) in [7, 11) is -3.57. The first-order valence-electron chi connectivity index (χ1n) is 9.93. The molecule has 6 nitrogen and oxygen atoms in total. The minimum Gasteiger partial charge on any atom is -0.336 e. The SMILES string of the molecule is CCN1CCN(C(=O)c2cccc(S(=O)(=O)N3CC(C)CC(C)C3)c2)CC1. The van der Waals surface area contributed by atoms with E-state index in [1.165, 1.54) is 0 Å². The van der Waals surface area contributed by atoms with Crippen LogP contribution in [-0.4, -0.2) is 74.2 Å². The fourth-order valence-corrected chi connectivity index (χ4v) is 5.92. The van der Waals surface area contributed by atoms with E-state index in [4.69, 9.17) is 0 Å². The fourth-order valence-electron chi connectivity index (χ4n) is 4.19. The molecule has 0 aliphatic carbocycles. The second kappa shape index (κ2) is 8.29. The summed E-state index contributed by atoms with van der Waals surface area (Å²) in [6.07, 6.45) is 1.05. The highest BCUT2D eigenvalue weighted by Gasteiger charge is 2.32. The molecule has 1 aromatic rings. The van der Waals surface area contributed by atoms with Crippen LogP contribution in [0.5, 0.6) is 0 Å². The van der Waals surface area contributed by atoms with Gasteiger partial charge in [-0.25, -0.2) is 8.42 Å². The van der Waals surface area contributed by atoms with Crippen molar-refractivity contribution >= 4 is 15.9 Å². The monoisotopic (exact) mass is 393 g/mol. The predicted molar refractivity (Wildman–Crippen MR) is 106 cm³/mol. The van der Waals surface area contributed by atoms with Gasteiger partial charge in [-0.05, 0) is 43.0 Å². The number of sulfonamides is 1. The zero-order chi connectivity index (χ0) is 19.6. The number of carbonyl (C=O) groups excluding carboxylic acids is 1. The Morgan fingerprint density at radius 3 is 2.30 bits per heavy atom. The lowest BCUT2D eigenvalue weighted by Crippen LogP contribution is -2.48. The van der Waals surface area contributed by atoms with E-state index < -0.39 is 10.0 Å². The van der Waals surface area contributed by atoms with Gasteiger partial charge in [-0.15, -0.1) is 0 Å². The van der Waals surface area contributed by atoms with Gasteiger partial charge in [-0.3, -0.25) is 4.79 Å². The van der Waals surface area contributed by atoms with Gasteiger partial charge in [0.15, 0.2) is 0 Å². The first-order valence-corrected chi connectivity index (χ1v) is 11.4. The molecule has 27 heavy (non-hydrogen) atoms. The average molecular weight is 394 g/mol. The number of nitrogens with zero attached hydrogens (tertiary/aromatic N) is 3. The van der Waals surface area contributed by atoms with E-state index in [1.807, 2.05) is 4.90 Å². The Balaban J connectivity index is 1.78. The van der Waals surface area contributed by atoms with Gasteiger partial charge in [0.1, 0.15) is 0 Å². The number of hydrogen-bond donors (Lipinski definition) is 0. The molecule has 2 atom stereocenters. The van der Waals surface area contributed by atoms with Crippen molar-refractivity contribution in [1.82, 2.24) is 14.1 Å². The molecular weight excluding hydrogens is 362 g/mol. The molecule has 150 valence electrons. The average Bonchev–Trinajstić information content (AvgIpc) is 2.67. The maximum Gasteiger partial charge on any atom is 0.253 e. The molecule has 2 heterocycles. The number of benzene rings is 1. The van der Waals surface area contributed by atoms with E-state index >= 15 is 0 Å². The first-order chi connectivity index (χ1) is 12.8. The third-order valence-corrected chi connectivity index (χ3v) is 7.49. The van der Waals surface area contributed by atoms with Crippen molar-refractivity contribution in [3.8, 4) is 0 Å². The lowest BCUT2D eigenvalue weighted by atomic mass is 9.94. The molecule has 3 rings (SSSR count). The van der Waals surface area contributed by atoms with Gasteiger partial charge >= 0.3 is 0 Å². The van der Waals surface area contributed by atoms with Crippen LogP contribution in [-0.2, 0) is 10.0 Å². The van der Waals surface area contributed by atoms with Crippen molar-refractivity contribution in [2.45, 2.75) is 32.1 Å². The number of piperazine rings is 1. The molecule has 1 amide bonds. The van der Waals surface area contributed by atoms with E-state index in [2.05, 4.69) is 25.7 Å². The molecule has 0 N–H and O–H groups in total. The molecule has 2 saturated heterocycles. The van der Waals surface area contributed by atoms with Gasteiger partial charge in [-0.1, -0.05) is 26.8 Å². The standard InChI is InChI=1S/C20H31N3O3S/c1-4-21-8-10-22(11-9-21)20(24)18-6-5-7-19(13-18)27(25,26)23-14-16(2)12-17(3)15-23/h5-7,13,16-17H,4,8-12,14-15H2,1-3H3. The van der Waals surface area contributed by atoms with Crippen LogP contribution < -0.4 is 0 Å². The molecule has 0 aromatic heterocycles. The number of piperidine rings is 1. The first kappa shape index (κ1) is 20.3. The second-order valence-corrected chi connectivity index (χ2v) is 9.96. The number of carbonyl (C=O) groups is 1. The van der Waals surface area contributed by atoms with Crippen LogP contribution in [0, 0.1) is 11.8 Å². The molecule has 2 aliphatic heterocycles. The van der Waals surface area contributed by atoms with Crippen LogP contribution in [0.25, 0.3) is 0 Å². The Hall–Kier alpha value is -1.44. The second-order valence-electron chi connectivity index (χ2n) is 8.02. The summed E-state index contributed by atoms with van der Waals surface area (Å²) >= 11 is 0. The lowest BCUT2D eigenvalue weighted by Gasteiger charge is -2.34. The molecule has 2 aliphatic rings. The molecule has 0 bridgehead atoms. The third-order valence-electron chi connectivity index (χ3n) is 5.66. The molecule has 2 unspecified atom stereocenters. The summed E-state index contributed by atoms with van der Waals surface area (Å²) in [5, 5.41) is 0. The minimum absolute atomic E-state index is 0.0804. The van der Waals surface area contributed by atoms with Crippen molar-refractivity contribution in [2.24, 2.45) is 11.8 Å². The van der Waals surface area contributed by atoms with E-state index in [0.717, 1.165) is 26.1 Å². The number of likely N-dealkylation sites (N-methyl/N-ethyl adjacent to an activating group) is 1. The highest BCUT2D eigenvalue weighted by Crippen LogP contribution is 2.27. The maximum atomic E-state index is 13.1. The van der Waals surface area contributed by atoms with E-state index in [9.17, 15) is 13.2 Å². The zero-order valence-corrected chi connectivity index (χ0v) is 17.4. The number of rotatable bonds is 4. The molecule has 2 fully saturated rings. The molecule has 1 aromatic carbocycles. The Morgan fingerprint density at radius 1 is 1.07 bits per heavy atom. The third kappa shape index (κ3) is 4.52. The van der Waals surface area contributed by atoms with Gasteiger partial charge in [0.2, 0.25) is 10.0 Å². The van der Waals surface area contributed by atoms with Gasteiger partial charge in [-0.2, -0.15) is 4.31 Å². The van der Waals surface area contributed by atoms with Crippen molar-refractivity contribution < 1.29 is 13.2 Å². The van der Waals surface area contributed by atoms with Crippen molar-refractivity contribution in [3.05, 3.63) is 29.8 Å². The van der Waals surface area contributed by atoms with Crippen LogP contribution in [0.3, 0.4) is 0 Å². The Bertz CT molecular complexity index is 762. The number of hydrogen-bond acceptors (Lipinski definition) is 4. The summed E-state index contributed by atoms with van der Waals surface area (Å²) in [6, 6.07) is 6.55. The van der Waals surface area contributed by atoms with Crippen molar-refractivity contribution in [1.29, 1.82) is 0 Å². The van der Waals surface area contributed by atoms with E-state index in [1.54, 1.807) is 28.6 Å². The fraction of sp³-hybridized carbons (Fsp3) is 0.650. The molecule has 0 radical (unpaired) electrons. The summed E-state index contributed by atoms with van der Waals surface area (Å²) in [5.74, 6) is 0.620. The Morgan fingerprint density at radius 2 is 1.70 bits per heavy atom. The van der Waals surface area contributed by atoms with Crippen LogP contribution in [0.4, 0.5) is 0 Å². The molecule has 0 spiro atoms. The quantitative estimate of drug-likeness (QED) is 0.786. The summed E-state index contributed by atoms with van der Waals surface area (Å²) in [4.78, 5) is 17.2. The maximum absolute atomic E-state index is 13.1. The van der Waals surface area contributed by atoms with Crippen LogP contribution >= 0.6 is 0 Å². The molecule has 0 saturated carbocycles. The highest BCUT2D eigenvalue weighted by atomic mass is 32.2. The summed E-state index contributed by atoms with van der Waals surface area (Å²) < 4.78 is 27.8. The molecular formula is C20H31N3O3S. The van der Waals surface area contributed by atoms with Crippen molar-refractivity contribution in [2.75, 3.05) is 45.8 Å². The Labute approximate surface area is 163 Å². The van der Waals surface area contributed by atoms with Gasteiger partial charge < -0.3 is 9.80 Å². The van der Waals surface area contributed by atoms with Gasteiger partial charge in [0.25, 0.3) is 5.91 Å². The zero-order valence-electron chi connectivity index (χ0n) is 16.6. The van der Waals surface area contributed by atoms with E-state index in [0.29, 0.717) is 43.6 Å². The van der Waals surface area contributed by atoms with Crippen molar-refractivity contribution in [3.63, 3.8) is 0 Å². The minimum atomic E-state index is -3.57. The largest absolute Gasteiger partial charge is 0.336 e. The van der Waals surface area contributed by atoms with Crippen LogP contribution in [0.1, 0.15) is 37.6 Å². The van der Waals surface area contributed by atoms with Crippen LogP contribution in [0.2, 0.25) is 0 Å². The van der Waals surface area contributed by atoms with Gasteiger partial charge in [0.05, 0.1) is 4.90 Å².